The van der Waals surface area contributed by atoms with Crippen LogP contribution in [0.15, 0.2) is 18.3 Å². The number of fused-ring (bicyclic) bond motifs is 1. The second-order valence-corrected chi connectivity index (χ2v) is 5.93. The van der Waals surface area contributed by atoms with Crippen LogP contribution in [0.4, 0.5) is 4.39 Å². The summed E-state index contributed by atoms with van der Waals surface area (Å²) < 4.78 is 21.4. The number of nitrogens with one attached hydrogen (secondary N) is 1. The first kappa shape index (κ1) is 15.9. The Morgan fingerprint density at radius 2 is 2.30 bits per heavy atom. The van der Waals surface area contributed by atoms with E-state index < -0.39 is 11.9 Å². The molecule has 0 spiro atoms. The summed E-state index contributed by atoms with van der Waals surface area (Å²) in [7, 11) is 1.97. The highest BCUT2D eigenvalue weighted by Crippen LogP contribution is 2.16. The van der Waals surface area contributed by atoms with Gasteiger partial charge in [-0.1, -0.05) is 6.07 Å². The zero-order chi connectivity index (χ0) is 16.6. The summed E-state index contributed by atoms with van der Waals surface area (Å²) in [4.78, 5) is 18.7. The van der Waals surface area contributed by atoms with Crippen LogP contribution in [0.2, 0.25) is 0 Å². The van der Waals surface area contributed by atoms with E-state index in [-0.39, 0.29) is 17.8 Å². The number of imidazole rings is 1. The first-order valence-electron chi connectivity index (χ1n) is 7.75. The Morgan fingerprint density at radius 1 is 1.52 bits per heavy atom. The molecule has 3 rings (SSSR count). The van der Waals surface area contributed by atoms with Crippen LogP contribution in [0.5, 0.6) is 0 Å². The molecule has 23 heavy (non-hydrogen) atoms. The van der Waals surface area contributed by atoms with E-state index >= 15 is 0 Å². The second-order valence-electron chi connectivity index (χ2n) is 5.93. The molecule has 1 aliphatic heterocycles. The van der Waals surface area contributed by atoms with Crippen molar-refractivity contribution in [1.82, 2.24) is 19.6 Å². The van der Waals surface area contributed by atoms with Gasteiger partial charge in [-0.3, -0.25) is 9.20 Å². The summed E-state index contributed by atoms with van der Waals surface area (Å²) in [5.74, 6) is -1.14. The van der Waals surface area contributed by atoms with E-state index in [0.717, 1.165) is 12.1 Å². The van der Waals surface area contributed by atoms with Gasteiger partial charge in [0.25, 0.3) is 5.91 Å². The number of rotatable bonds is 4. The lowest BCUT2D eigenvalue weighted by Gasteiger charge is -2.19. The minimum atomic E-state index is -0.638. The van der Waals surface area contributed by atoms with Crippen LogP contribution in [0, 0.1) is 12.9 Å². The first-order chi connectivity index (χ1) is 11.0. The topological polar surface area (TPSA) is 58.9 Å². The van der Waals surface area contributed by atoms with Gasteiger partial charge in [0.1, 0.15) is 5.65 Å². The molecule has 1 aliphatic rings. The minimum absolute atomic E-state index is 0.0872. The van der Waals surface area contributed by atoms with Crippen molar-refractivity contribution in [3.63, 3.8) is 0 Å². The Bertz CT molecular complexity index is 730. The third-order valence-electron chi connectivity index (χ3n) is 4.15. The number of likely N-dealkylation sites (tertiary alicyclic amines) is 1. The van der Waals surface area contributed by atoms with Crippen LogP contribution < -0.4 is 5.32 Å². The average molecular weight is 320 g/mol. The van der Waals surface area contributed by atoms with Crippen LogP contribution >= 0.6 is 0 Å². The van der Waals surface area contributed by atoms with Crippen molar-refractivity contribution in [3.05, 3.63) is 35.5 Å². The third-order valence-corrected chi connectivity index (χ3v) is 4.15. The normalized spacial score (nSPS) is 21.9. The predicted molar refractivity (Wildman–Crippen MR) is 84.1 cm³/mol. The Hall–Kier alpha value is -1.99. The lowest BCUT2D eigenvalue weighted by atomic mass is 10.2. The fraction of sp³-hybridized carbons (Fsp3) is 0.500. The molecule has 1 saturated heterocycles. The molecule has 6 nitrogen and oxygen atoms in total. The lowest BCUT2D eigenvalue weighted by Crippen LogP contribution is -2.44. The molecule has 1 N–H and O–H groups in total. The van der Waals surface area contributed by atoms with Crippen LogP contribution in [0.25, 0.3) is 5.65 Å². The molecule has 0 bridgehead atoms. The lowest BCUT2D eigenvalue weighted by molar-refractivity contribution is 0.0511. The molecule has 1 amide bonds. The standard InChI is InChI=1S/C16H21FN4O2/c1-4-23-12-9-20(3)8-11(12)18-16(22)13-14(17)21-7-5-6-10(2)15(21)19-13/h5-7,11-12H,4,8-9H2,1-3H3,(H,18,22)/t11-,12-/m1/s1. The van der Waals surface area contributed by atoms with E-state index in [1.54, 1.807) is 12.3 Å². The minimum Gasteiger partial charge on any atom is -0.375 e. The van der Waals surface area contributed by atoms with Crippen molar-refractivity contribution in [2.75, 3.05) is 26.7 Å². The van der Waals surface area contributed by atoms with Gasteiger partial charge in [0.2, 0.25) is 5.95 Å². The highest BCUT2D eigenvalue weighted by atomic mass is 19.1. The van der Waals surface area contributed by atoms with Gasteiger partial charge < -0.3 is 15.0 Å². The molecule has 0 radical (unpaired) electrons. The number of halogens is 1. The maximum atomic E-state index is 14.5. The van der Waals surface area contributed by atoms with E-state index in [2.05, 4.69) is 15.2 Å². The molecular formula is C16H21FN4O2. The number of aryl methyl sites for hydroxylation is 1. The number of carbonyl (C=O) groups is 1. The van der Waals surface area contributed by atoms with E-state index in [0.29, 0.717) is 18.8 Å². The van der Waals surface area contributed by atoms with Crippen LogP contribution in [0.1, 0.15) is 23.0 Å². The molecule has 2 aromatic heterocycles. The number of ether oxygens (including phenoxy) is 1. The van der Waals surface area contributed by atoms with Crippen molar-refractivity contribution in [2.45, 2.75) is 26.0 Å². The molecule has 2 aromatic rings. The molecule has 3 heterocycles. The number of nitrogens with zero attached hydrogens (tertiary/aromatic N) is 3. The van der Waals surface area contributed by atoms with Gasteiger partial charge in [-0.2, -0.15) is 4.39 Å². The summed E-state index contributed by atoms with van der Waals surface area (Å²) in [6.45, 7) is 5.74. The molecule has 2 atom stereocenters. The summed E-state index contributed by atoms with van der Waals surface area (Å²) in [6, 6.07) is 3.39. The van der Waals surface area contributed by atoms with Gasteiger partial charge >= 0.3 is 0 Å². The van der Waals surface area contributed by atoms with Gasteiger partial charge in [-0.25, -0.2) is 4.98 Å². The van der Waals surface area contributed by atoms with E-state index in [1.165, 1.54) is 4.40 Å². The molecule has 124 valence electrons. The summed E-state index contributed by atoms with van der Waals surface area (Å²) in [5.41, 5.74) is 1.10. The van der Waals surface area contributed by atoms with E-state index in [9.17, 15) is 9.18 Å². The highest BCUT2D eigenvalue weighted by Gasteiger charge is 2.33. The highest BCUT2D eigenvalue weighted by molar-refractivity contribution is 5.93. The zero-order valence-corrected chi connectivity index (χ0v) is 13.5. The molecule has 0 saturated carbocycles. The summed E-state index contributed by atoms with van der Waals surface area (Å²) >= 11 is 0. The predicted octanol–water partition coefficient (Wildman–Crippen LogP) is 1.23. The SMILES string of the molecule is CCO[C@@H]1CN(C)C[C@H]1NC(=O)c1nc2c(C)cccn2c1F. The maximum Gasteiger partial charge on any atom is 0.275 e. The molecule has 0 aliphatic carbocycles. The van der Waals surface area contributed by atoms with Gasteiger partial charge in [0.15, 0.2) is 5.69 Å². The number of amides is 1. The molecule has 1 fully saturated rings. The van der Waals surface area contributed by atoms with Crippen molar-refractivity contribution < 1.29 is 13.9 Å². The maximum absolute atomic E-state index is 14.5. The van der Waals surface area contributed by atoms with Gasteiger partial charge in [-0.05, 0) is 32.5 Å². The number of hydrogen-bond donors (Lipinski definition) is 1. The molecule has 0 aromatic carbocycles. The Balaban J connectivity index is 1.83. The van der Waals surface area contributed by atoms with Crippen LogP contribution in [0.3, 0.4) is 0 Å². The first-order valence-corrected chi connectivity index (χ1v) is 7.75. The van der Waals surface area contributed by atoms with Crippen molar-refractivity contribution >= 4 is 11.6 Å². The molecule has 7 heteroatoms. The monoisotopic (exact) mass is 320 g/mol. The van der Waals surface area contributed by atoms with Crippen molar-refractivity contribution in [2.24, 2.45) is 0 Å². The van der Waals surface area contributed by atoms with E-state index in [1.807, 2.05) is 27.0 Å². The Morgan fingerprint density at radius 3 is 3.00 bits per heavy atom. The molecular weight excluding hydrogens is 299 g/mol. The van der Waals surface area contributed by atoms with Crippen molar-refractivity contribution in [1.29, 1.82) is 0 Å². The largest absolute Gasteiger partial charge is 0.375 e. The van der Waals surface area contributed by atoms with Gasteiger partial charge in [0.05, 0.1) is 12.1 Å². The summed E-state index contributed by atoms with van der Waals surface area (Å²) in [6.07, 6.45) is 1.48. The zero-order valence-electron chi connectivity index (χ0n) is 13.5. The average Bonchev–Trinajstić information content (AvgIpc) is 3.02. The van der Waals surface area contributed by atoms with E-state index in [4.69, 9.17) is 4.74 Å². The van der Waals surface area contributed by atoms with Crippen molar-refractivity contribution in [3.8, 4) is 0 Å². The Labute approximate surface area is 134 Å². The van der Waals surface area contributed by atoms with Gasteiger partial charge in [-0.15, -0.1) is 0 Å². The summed E-state index contributed by atoms with van der Waals surface area (Å²) in [5, 5.41) is 2.86. The fourth-order valence-electron chi connectivity index (χ4n) is 3.04. The number of carbonyl (C=O) groups excluding carboxylic acids is 1. The molecule has 0 unspecified atom stereocenters. The third kappa shape index (κ3) is 2.94. The van der Waals surface area contributed by atoms with Gasteiger partial charge in [0, 0.05) is 25.9 Å². The Kier molecular flexibility index (Phi) is 4.32. The number of aromatic nitrogens is 2. The number of pyridine rings is 1. The van der Waals surface area contributed by atoms with Crippen LogP contribution in [-0.4, -0.2) is 59.1 Å². The fourth-order valence-corrected chi connectivity index (χ4v) is 3.04. The second kappa shape index (κ2) is 6.25. The number of hydrogen-bond acceptors (Lipinski definition) is 4. The van der Waals surface area contributed by atoms with Crippen LogP contribution in [-0.2, 0) is 4.74 Å². The smallest absolute Gasteiger partial charge is 0.275 e. The number of likely N-dealkylation sites (N-methyl/N-ethyl adjacent to an activating group) is 1. The quantitative estimate of drug-likeness (QED) is 0.920.